The first-order chi connectivity index (χ1) is 9.06. The van der Waals surface area contributed by atoms with Crippen LogP contribution in [0.4, 0.5) is 11.4 Å². The highest BCUT2D eigenvalue weighted by Gasteiger charge is 2.39. The molecular weight excluding hydrogens is 240 g/mol. The van der Waals surface area contributed by atoms with Crippen molar-refractivity contribution in [3.05, 3.63) is 23.8 Å². The van der Waals surface area contributed by atoms with E-state index in [0.29, 0.717) is 5.92 Å². The summed E-state index contributed by atoms with van der Waals surface area (Å²) in [5.41, 5.74) is 2.95. The first-order valence-corrected chi connectivity index (χ1v) is 6.78. The fourth-order valence-electron chi connectivity index (χ4n) is 2.73. The summed E-state index contributed by atoms with van der Waals surface area (Å²) in [5.74, 6) is 0.890. The van der Waals surface area contributed by atoms with Crippen molar-refractivity contribution in [2.45, 2.75) is 26.7 Å². The second-order valence-electron chi connectivity index (χ2n) is 5.57. The molecule has 1 saturated carbocycles. The fourth-order valence-corrected chi connectivity index (χ4v) is 2.73. The lowest BCUT2D eigenvalue weighted by molar-refractivity contribution is -0.118. The normalized spacial score (nSPS) is 24.0. The van der Waals surface area contributed by atoms with Gasteiger partial charge in [0.25, 0.3) is 0 Å². The molecule has 1 N–H and O–H groups in total. The van der Waals surface area contributed by atoms with Crippen LogP contribution in [0, 0.1) is 11.8 Å². The van der Waals surface area contributed by atoms with E-state index in [9.17, 15) is 9.59 Å². The molecule has 100 valence electrons. The van der Waals surface area contributed by atoms with E-state index >= 15 is 0 Å². The Morgan fingerprint density at radius 1 is 1.37 bits per heavy atom. The molecule has 1 aliphatic heterocycles. The van der Waals surface area contributed by atoms with Gasteiger partial charge in [-0.05, 0) is 42.5 Å². The van der Waals surface area contributed by atoms with Gasteiger partial charge >= 0.3 is 0 Å². The summed E-state index contributed by atoms with van der Waals surface area (Å²) in [5, 5.41) is 2.97. The molecule has 2 atom stereocenters. The lowest BCUT2D eigenvalue weighted by Gasteiger charge is -2.15. The molecular formula is C15H18N2O2. The summed E-state index contributed by atoms with van der Waals surface area (Å²) in [6, 6.07) is 5.80. The van der Waals surface area contributed by atoms with Crippen LogP contribution in [0.5, 0.6) is 0 Å². The van der Waals surface area contributed by atoms with E-state index in [1.807, 2.05) is 18.2 Å². The predicted octanol–water partition coefficient (Wildman–Crippen LogP) is 2.19. The van der Waals surface area contributed by atoms with E-state index in [4.69, 9.17) is 0 Å². The number of benzene rings is 1. The van der Waals surface area contributed by atoms with Gasteiger partial charge in [0.1, 0.15) is 0 Å². The number of amides is 2. The molecule has 2 amide bonds. The molecule has 3 rings (SSSR count). The second kappa shape index (κ2) is 4.37. The Morgan fingerprint density at radius 2 is 2.11 bits per heavy atom. The summed E-state index contributed by atoms with van der Waals surface area (Å²) >= 11 is 0. The van der Waals surface area contributed by atoms with Crippen molar-refractivity contribution in [3.8, 4) is 0 Å². The first-order valence-electron chi connectivity index (χ1n) is 6.78. The molecule has 0 aromatic heterocycles. The molecule has 4 nitrogen and oxygen atoms in total. The summed E-state index contributed by atoms with van der Waals surface area (Å²) in [7, 11) is 0. The molecule has 1 aromatic rings. The van der Waals surface area contributed by atoms with Gasteiger partial charge in [-0.15, -0.1) is 0 Å². The number of nitrogens with one attached hydrogen (secondary N) is 1. The van der Waals surface area contributed by atoms with Crippen molar-refractivity contribution in [2.75, 3.05) is 16.8 Å². The lowest BCUT2D eigenvalue weighted by Crippen LogP contribution is -2.25. The average Bonchev–Trinajstić information content (AvgIpc) is 2.95. The first kappa shape index (κ1) is 12.2. The number of rotatable bonds is 2. The van der Waals surface area contributed by atoms with Crippen molar-refractivity contribution < 1.29 is 9.59 Å². The van der Waals surface area contributed by atoms with Crippen molar-refractivity contribution in [3.63, 3.8) is 0 Å². The van der Waals surface area contributed by atoms with Crippen molar-refractivity contribution in [2.24, 2.45) is 11.8 Å². The fraction of sp³-hybridized carbons (Fsp3) is 0.467. The largest absolute Gasteiger partial charge is 0.326 e. The molecule has 0 spiro atoms. The monoisotopic (exact) mass is 258 g/mol. The zero-order valence-corrected chi connectivity index (χ0v) is 11.3. The van der Waals surface area contributed by atoms with Gasteiger partial charge in [-0.2, -0.15) is 0 Å². The van der Waals surface area contributed by atoms with Gasteiger partial charge in [-0.1, -0.05) is 6.92 Å². The third-order valence-electron chi connectivity index (χ3n) is 4.07. The maximum Gasteiger partial charge on any atom is 0.227 e. The van der Waals surface area contributed by atoms with Gasteiger partial charge in [-0.25, -0.2) is 0 Å². The SMILES string of the molecule is CC(=O)N1CCc2cc(NC(=O)[C@H]3C[C@@H]3C)ccc21. The lowest BCUT2D eigenvalue weighted by atomic mass is 10.1. The highest BCUT2D eigenvalue weighted by molar-refractivity contribution is 5.96. The number of hydrogen-bond acceptors (Lipinski definition) is 2. The van der Waals surface area contributed by atoms with Crippen molar-refractivity contribution in [1.29, 1.82) is 0 Å². The van der Waals surface area contributed by atoms with Gasteiger partial charge in [0.2, 0.25) is 11.8 Å². The third kappa shape index (κ3) is 2.23. The Kier molecular flexibility index (Phi) is 2.81. The second-order valence-corrected chi connectivity index (χ2v) is 5.57. The Balaban J connectivity index is 1.76. The quantitative estimate of drug-likeness (QED) is 0.884. The van der Waals surface area contributed by atoms with Crippen LogP contribution in [-0.2, 0) is 16.0 Å². The van der Waals surface area contributed by atoms with Gasteiger partial charge in [0.15, 0.2) is 0 Å². The maximum atomic E-state index is 11.9. The van der Waals surface area contributed by atoms with Crippen LogP contribution in [0.15, 0.2) is 18.2 Å². The van der Waals surface area contributed by atoms with E-state index in [1.165, 1.54) is 0 Å². The third-order valence-corrected chi connectivity index (χ3v) is 4.07. The van der Waals surface area contributed by atoms with Crippen LogP contribution in [-0.4, -0.2) is 18.4 Å². The number of carbonyl (C=O) groups is 2. The molecule has 1 aromatic carbocycles. The summed E-state index contributed by atoms with van der Waals surface area (Å²) in [4.78, 5) is 25.1. The summed E-state index contributed by atoms with van der Waals surface area (Å²) in [6.45, 7) is 4.42. The van der Waals surface area contributed by atoms with E-state index in [2.05, 4.69) is 12.2 Å². The maximum absolute atomic E-state index is 11.9. The molecule has 2 aliphatic rings. The van der Waals surface area contributed by atoms with Crippen LogP contribution in [0.25, 0.3) is 0 Å². The molecule has 0 saturated heterocycles. The van der Waals surface area contributed by atoms with Gasteiger partial charge in [0.05, 0.1) is 0 Å². The minimum Gasteiger partial charge on any atom is -0.326 e. The molecule has 4 heteroatoms. The number of hydrogen-bond donors (Lipinski definition) is 1. The van der Waals surface area contributed by atoms with E-state index < -0.39 is 0 Å². The number of carbonyl (C=O) groups excluding carboxylic acids is 2. The Morgan fingerprint density at radius 3 is 2.74 bits per heavy atom. The minimum absolute atomic E-state index is 0.0716. The minimum atomic E-state index is 0.0716. The van der Waals surface area contributed by atoms with Gasteiger partial charge in [0, 0.05) is 30.8 Å². The van der Waals surface area contributed by atoms with Gasteiger partial charge in [-0.3, -0.25) is 9.59 Å². The zero-order chi connectivity index (χ0) is 13.6. The molecule has 1 aliphatic carbocycles. The average molecular weight is 258 g/mol. The topological polar surface area (TPSA) is 49.4 Å². The Bertz CT molecular complexity index is 553. The molecule has 0 bridgehead atoms. The highest BCUT2D eigenvalue weighted by Crippen LogP contribution is 2.39. The molecule has 0 unspecified atom stereocenters. The van der Waals surface area contributed by atoms with Crippen LogP contribution < -0.4 is 10.2 Å². The molecule has 1 heterocycles. The smallest absolute Gasteiger partial charge is 0.227 e. The highest BCUT2D eigenvalue weighted by atomic mass is 16.2. The molecule has 19 heavy (non-hydrogen) atoms. The number of nitrogens with zero attached hydrogens (tertiary/aromatic N) is 1. The van der Waals surface area contributed by atoms with Crippen LogP contribution >= 0.6 is 0 Å². The van der Waals surface area contributed by atoms with Gasteiger partial charge < -0.3 is 10.2 Å². The molecule has 1 fully saturated rings. The van der Waals surface area contributed by atoms with Crippen molar-refractivity contribution in [1.82, 2.24) is 0 Å². The standard InChI is InChI=1S/C15H18N2O2/c1-9-7-13(9)15(19)16-12-3-4-14-11(8-12)5-6-17(14)10(2)18/h3-4,8-9,13H,5-7H2,1-2H3,(H,16,19)/t9-,13-/m0/s1. The van der Waals surface area contributed by atoms with Crippen molar-refractivity contribution >= 4 is 23.2 Å². The number of anilines is 2. The predicted molar refractivity (Wildman–Crippen MR) is 74.1 cm³/mol. The Labute approximate surface area is 112 Å². The van der Waals surface area contributed by atoms with Crippen LogP contribution in [0.1, 0.15) is 25.8 Å². The Hall–Kier alpha value is -1.84. The van der Waals surface area contributed by atoms with E-state index in [-0.39, 0.29) is 17.7 Å². The number of fused-ring (bicyclic) bond motifs is 1. The summed E-state index contributed by atoms with van der Waals surface area (Å²) in [6.07, 6.45) is 1.85. The van der Waals surface area contributed by atoms with E-state index in [1.54, 1.807) is 11.8 Å². The molecule has 0 radical (unpaired) electrons. The van der Waals surface area contributed by atoms with E-state index in [0.717, 1.165) is 36.3 Å². The van der Waals surface area contributed by atoms with Crippen LogP contribution in [0.2, 0.25) is 0 Å². The zero-order valence-electron chi connectivity index (χ0n) is 11.3. The summed E-state index contributed by atoms with van der Waals surface area (Å²) < 4.78 is 0. The van der Waals surface area contributed by atoms with Crippen LogP contribution in [0.3, 0.4) is 0 Å².